The van der Waals surface area contributed by atoms with Crippen LogP contribution in [0.2, 0.25) is 0 Å². The lowest BCUT2D eigenvalue weighted by molar-refractivity contribution is -0.123. The van der Waals surface area contributed by atoms with Crippen molar-refractivity contribution in [1.29, 1.82) is 0 Å². The van der Waals surface area contributed by atoms with Gasteiger partial charge in [-0.15, -0.1) is 6.58 Å². The van der Waals surface area contributed by atoms with E-state index in [1.807, 2.05) is 6.92 Å². The number of benzene rings is 1. The van der Waals surface area contributed by atoms with Crippen molar-refractivity contribution in [2.75, 3.05) is 6.79 Å². The minimum atomic E-state index is -0.742. The lowest BCUT2D eigenvalue weighted by Gasteiger charge is -2.38. The average molecular weight is 346 g/mol. The lowest BCUT2D eigenvalue weighted by atomic mass is 9.71. The van der Waals surface area contributed by atoms with Gasteiger partial charge in [0, 0.05) is 12.0 Å². The van der Waals surface area contributed by atoms with Crippen molar-refractivity contribution in [1.82, 2.24) is 0 Å². The Labute approximate surface area is 146 Å². The molecule has 1 N–H and O–H groups in total. The summed E-state index contributed by atoms with van der Waals surface area (Å²) in [6.45, 7) is 7.42. The molecule has 0 spiro atoms. The Hall–Kier alpha value is -2.14. The fourth-order valence-corrected chi connectivity index (χ4v) is 3.77. The van der Waals surface area contributed by atoms with Crippen LogP contribution >= 0.6 is 0 Å². The number of fused-ring (bicyclic) bond motifs is 1. The summed E-state index contributed by atoms with van der Waals surface area (Å²) in [4.78, 5) is 12.2. The topological polar surface area (TPSA) is 55.8 Å². The smallest absolute Gasteiger partial charge is 0.189 e. The number of hydrogen-bond acceptors (Lipinski definition) is 4. The molecular weight excluding hydrogens is 323 g/mol. The maximum absolute atomic E-state index is 14.3. The molecule has 0 saturated carbocycles. The number of rotatable bonds is 5. The van der Waals surface area contributed by atoms with E-state index in [0.717, 1.165) is 0 Å². The fourth-order valence-electron chi connectivity index (χ4n) is 3.77. The van der Waals surface area contributed by atoms with Crippen LogP contribution < -0.4 is 0 Å². The van der Waals surface area contributed by atoms with Gasteiger partial charge in [0.2, 0.25) is 0 Å². The number of aromatic hydroxyl groups is 1. The van der Waals surface area contributed by atoms with Crippen LogP contribution in [-0.4, -0.2) is 23.3 Å². The van der Waals surface area contributed by atoms with Crippen LogP contribution in [0, 0.1) is 24.6 Å². The summed E-state index contributed by atoms with van der Waals surface area (Å²) >= 11 is 0. The van der Waals surface area contributed by atoms with Crippen molar-refractivity contribution in [3.8, 4) is 5.75 Å². The van der Waals surface area contributed by atoms with Gasteiger partial charge in [-0.1, -0.05) is 13.0 Å². The second-order valence-corrected chi connectivity index (χ2v) is 6.97. The SMILES string of the molecule is C=CC[C@H]1C[C@]2(C(C)Cc3cc(O)c(C)cc3F)OCOC2=CC1=O. The van der Waals surface area contributed by atoms with Gasteiger partial charge >= 0.3 is 0 Å². The Morgan fingerprint density at radius 1 is 1.52 bits per heavy atom. The third kappa shape index (κ3) is 3.09. The van der Waals surface area contributed by atoms with Crippen molar-refractivity contribution < 1.29 is 23.8 Å². The summed E-state index contributed by atoms with van der Waals surface area (Å²) in [6, 6.07) is 2.80. The summed E-state index contributed by atoms with van der Waals surface area (Å²) in [7, 11) is 0. The number of ketones is 1. The molecule has 5 heteroatoms. The minimum absolute atomic E-state index is 0.0161. The van der Waals surface area contributed by atoms with Crippen LogP contribution in [0.4, 0.5) is 4.39 Å². The summed E-state index contributed by atoms with van der Waals surface area (Å²) < 4.78 is 25.8. The number of ether oxygens (including phenoxy) is 2. The molecule has 4 nitrogen and oxygen atoms in total. The quantitative estimate of drug-likeness (QED) is 0.824. The fraction of sp³-hybridized carbons (Fsp3) is 0.450. The molecule has 3 atom stereocenters. The van der Waals surface area contributed by atoms with Crippen molar-refractivity contribution in [2.24, 2.45) is 11.8 Å². The number of carbonyl (C=O) groups is 1. The minimum Gasteiger partial charge on any atom is -0.508 e. The normalized spacial score (nSPS) is 26.6. The Balaban J connectivity index is 1.90. The first-order chi connectivity index (χ1) is 11.9. The van der Waals surface area contributed by atoms with Gasteiger partial charge in [-0.25, -0.2) is 4.39 Å². The second kappa shape index (κ2) is 6.64. The maximum Gasteiger partial charge on any atom is 0.189 e. The van der Waals surface area contributed by atoms with Crippen molar-refractivity contribution in [2.45, 2.75) is 38.7 Å². The zero-order valence-corrected chi connectivity index (χ0v) is 14.5. The Morgan fingerprint density at radius 2 is 2.28 bits per heavy atom. The van der Waals surface area contributed by atoms with Gasteiger partial charge in [0.25, 0.3) is 0 Å². The highest BCUT2D eigenvalue weighted by Gasteiger charge is 2.51. The van der Waals surface area contributed by atoms with E-state index < -0.39 is 5.60 Å². The molecule has 0 radical (unpaired) electrons. The van der Waals surface area contributed by atoms with Crippen LogP contribution in [0.1, 0.15) is 30.9 Å². The van der Waals surface area contributed by atoms with E-state index in [1.165, 1.54) is 18.2 Å². The van der Waals surface area contributed by atoms with Gasteiger partial charge in [-0.2, -0.15) is 0 Å². The molecule has 0 bridgehead atoms. The molecule has 1 unspecified atom stereocenters. The van der Waals surface area contributed by atoms with Gasteiger partial charge in [-0.3, -0.25) is 4.79 Å². The molecule has 0 amide bonds. The standard InChI is InChI=1S/C20H23FO4/c1-4-5-14-10-20(19(9-18(14)23)24-11-25-20)13(3)7-15-8-17(22)12(2)6-16(15)21/h4,6,8-9,13-14,22H,1,5,7,10-11H2,2-3H3/t13?,14-,20+/m0/s1. The van der Waals surface area contributed by atoms with Crippen LogP contribution in [0.5, 0.6) is 5.75 Å². The number of halogens is 1. The molecule has 2 aliphatic rings. The molecular formula is C20H23FO4. The third-order valence-electron chi connectivity index (χ3n) is 5.31. The van der Waals surface area contributed by atoms with Gasteiger partial charge < -0.3 is 14.6 Å². The van der Waals surface area contributed by atoms with Crippen molar-refractivity contribution >= 4 is 5.78 Å². The highest BCUT2D eigenvalue weighted by molar-refractivity contribution is 5.93. The van der Waals surface area contributed by atoms with E-state index in [1.54, 1.807) is 13.0 Å². The number of aryl methyl sites for hydroxylation is 1. The molecule has 1 aliphatic carbocycles. The average Bonchev–Trinajstić information content (AvgIpc) is 2.97. The number of allylic oxidation sites excluding steroid dienone is 2. The largest absolute Gasteiger partial charge is 0.508 e. The van der Waals surface area contributed by atoms with E-state index in [2.05, 4.69) is 6.58 Å². The summed E-state index contributed by atoms with van der Waals surface area (Å²) in [5, 5.41) is 9.89. The van der Waals surface area contributed by atoms with Crippen LogP contribution in [0.3, 0.4) is 0 Å². The van der Waals surface area contributed by atoms with Crippen LogP contribution in [0.25, 0.3) is 0 Å². The van der Waals surface area contributed by atoms with Crippen molar-refractivity contribution in [3.05, 3.63) is 53.6 Å². The third-order valence-corrected chi connectivity index (χ3v) is 5.31. The Morgan fingerprint density at radius 3 is 3.00 bits per heavy atom. The molecule has 1 fully saturated rings. The summed E-state index contributed by atoms with van der Waals surface area (Å²) in [5.74, 6) is -0.0642. The first-order valence-electron chi connectivity index (χ1n) is 8.49. The van der Waals surface area contributed by atoms with E-state index in [-0.39, 0.29) is 36.0 Å². The van der Waals surface area contributed by atoms with E-state index in [9.17, 15) is 14.3 Å². The monoisotopic (exact) mass is 346 g/mol. The van der Waals surface area contributed by atoms with Crippen molar-refractivity contribution in [3.63, 3.8) is 0 Å². The highest BCUT2D eigenvalue weighted by Crippen LogP contribution is 2.46. The lowest BCUT2D eigenvalue weighted by Crippen LogP contribution is -2.45. The molecule has 1 aliphatic heterocycles. The van der Waals surface area contributed by atoms with Crippen LogP contribution in [0.15, 0.2) is 36.6 Å². The van der Waals surface area contributed by atoms with E-state index in [0.29, 0.717) is 36.1 Å². The van der Waals surface area contributed by atoms with Gasteiger partial charge in [-0.05, 0) is 55.4 Å². The first kappa shape index (κ1) is 17.7. The summed E-state index contributed by atoms with van der Waals surface area (Å²) in [5.41, 5.74) is 0.188. The molecule has 0 aromatic heterocycles. The molecule has 134 valence electrons. The predicted octanol–water partition coefficient (Wildman–Crippen LogP) is 3.81. The zero-order valence-electron chi connectivity index (χ0n) is 14.5. The van der Waals surface area contributed by atoms with Gasteiger partial charge in [0.15, 0.2) is 12.6 Å². The highest BCUT2D eigenvalue weighted by atomic mass is 19.1. The molecule has 1 heterocycles. The Bertz CT molecular complexity index is 739. The number of carbonyl (C=O) groups excluding carboxylic acids is 1. The molecule has 1 aromatic carbocycles. The first-order valence-corrected chi connectivity index (χ1v) is 8.49. The van der Waals surface area contributed by atoms with Crippen LogP contribution in [-0.2, 0) is 20.7 Å². The summed E-state index contributed by atoms with van der Waals surface area (Å²) in [6.07, 6.45) is 4.68. The number of phenols is 1. The van der Waals surface area contributed by atoms with Gasteiger partial charge in [0.1, 0.15) is 22.9 Å². The molecule has 1 aromatic rings. The zero-order chi connectivity index (χ0) is 18.2. The van der Waals surface area contributed by atoms with E-state index >= 15 is 0 Å². The maximum atomic E-state index is 14.3. The molecule has 3 rings (SSSR count). The number of phenolic OH excluding ortho intramolecular Hbond substituents is 1. The molecule has 25 heavy (non-hydrogen) atoms. The second-order valence-electron chi connectivity index (χ2n) is 6.97. The number of hydrogen-bond donors (Lipinski definition) is 1. The molecule has 1 saturated heterocycles. The van der Waals surface area contributed by atoms with Gasteiger partial charge in [0.05, 0.1) is 0 Å². The Kier molecular flexibility index (Phi) is 4.69. The predicted molar refractivity (Wildman–Crippen MR) is 91.4 cm³/mol. The van der Waals surface area contributed by atoms with E-state index in [4.69, 9.17) is 9.47 Å².